The second kappa shape index (κ2) is 7.16. The molecule has 5 N–H and O–H groups in total. The Bertz CT molecular complexity index is 801. The van der Waals surface area contributed by atoms with Crippen LogP contribution in [0, 0.1) is 5.82 Å². The average Bonchev–Trinajstić information content (AvgIpc) is 3.12. The van der Waals surface area contributed by atoms with Crippen LogP contribution in [0.25, 0.3) is 0 Å². The number of hydrogen-bond acceptors (Lipinski definition) is 7. The first-order valence-corrected chi connectivity index (χ1v) is 8.18. The number of rotatable bonds is 4. The standard InChI is InChI=1S/C17H18FN5O3/c18-10-1-3-11(4-2-10)19-16-15(21-23-22-16)17(24)20-12-5-6-13-14(9-12)26-8-7-25-13/h1-6,9,15-16,19,21-23H,7-8H2,(H,20,24). The van der Waals surface area contributed by atoms with Crippen molar-refractivity contribution in [3.63, 3.8) is 0 Å². The fraction of sp³-hybridized carbons (Fsp3) is 0.235. The summed E-state index contributed by atoms with van der Waals surface area (Å²) in [7, 11) is 0. The van der Waals surface area contributed by atoms with Crippen molar-refractivity contribution in [2.24, 2.45) is 0 Å². The predicted octanol–water partition coefficient (Wildman–Crippen LogP) is 0.955. The van der Waals surface area contributed by atoms with Crippen LogP contribution in [0.1, 0.15) is 0 Å². The number of anilines is 2. The number of fused-ring (bicyclic) bond motifs is 1. The Morgan fingerprint density at radius 1 is 1.00 bits per heavy atom. The van der Waals surface area contributed by atoms with Crippen molar-refractivity contribution in [1.82, 2.24) is 16.4 Å². The van der Waals surface area contributed by atoms with Crippen molar-refractivity contribution >= 4 is 17.3 Å². The molecule has 0 saturated carbocycles. The van der Waals surface area contributed by atoms with Gasteiger partial charge in [-0.2, -0.15) is 5.53 Å². The third kappa shape index (κ3) is 3.54. The summed E-state index contributed by atoms with van der Waals surface area (Å²) < 4.78 is 24.0. The van der Waals surface area contributed by atoms with Crippen LogP contribution >= 0.6 is 0 Å². The molecule has 8 nitrogen and oxygen atoms in total. The van der Waals surface area contributed by atoms with Crippen LogP contribution in [-0.4, -0.2) is 31.3 Å². The first-order valence-electron chi connectivity index (χ1n) is 8.18. The minimum absolute atomic E-state index is 0.251. The van der Waals surface area contributed by atoms with E-state index in [9.17, 15) is 9.18 Å². The molecule has 2 aliphatic heterocycles. The highest BCUT2D eigenvalue weighted by atomic mass is 19.1. The van der Waals surface area contributed by atoms with Crippen LogP contribution in [0.3, 0.4) is 0 Å². The normalized spacial score (nSPS) is 21.3. The molecule has 2 heterocycles. The van der Waals surface area contributed by atoms with Gasteiger partial charge >= 0.3 is 0 Å². The SMILES string of the molecule is O=C(Nc1ccc2c(c1)OCCO2)C1NNNC1Nc1ccc(F)cc1. The highest BCUT2D eigenvalue weighted by Crippen LogP contribution is 2.32. The maximum atomic E-state index is 13.0. The van der Waals surface area contributed by atoms with Crippen molar-refractivity contribution in [3.05, 3.63) is 48.3 Å². The molecule has 1 amide bonds. The third-order valence-electron chi connectivity index (χ3n) is 4.05. The van der Waals surface area contributed by atoms with Gasteiger partial charge in [0.25, 0.3) is 0 Å². The number of ether oxygens (including phenoxy) is 2. The molecule has 26 heavy (non-hydrogen) atoms. The summed E-state index contributed by atoms with van der Waals surface area (Å²) in [5.41, 5.74) is 9.79. The zero-order valence-electron chi connectivity index (χ0n) is 13.7. The molecule has 2 aliphatic rings. The van der Waals surface area contributed by atoms with Gasteiger partial charge in [-0.3, -0.25) is 4.79 Å². The van der Waals surface area contributed by atoms with Crippen molar-refractivity contribution in [1.29, 1.82) is 0 Å². The average molecular weight is 359 g/mol. The topological polar surface area (TPSA) is 95.7 Å². The summed E-state index contributed by atoms with van der Waals surface area (Å²) in [5, 5.41) is 5.97. The number of nitrogens with one attached hydrogen (secondary N) is 5. The van der Waals surface area contributed by atoms with Gasteiger partial charge in [0.1, 0.15) is 31.2 Å². The predicted molar refractivity (Wildman–Crippen MR) is 93.1 cm³/mol. The van der Waals surface area contributed by atoms with E-state index in [1.54, 1.807) is 30.3 Å². The number of hydrogen-bond donors (Lipinski definition) is 5. The number of amides is 1. The smallest absolute Gasteiger partial charge is 0.246 e. The van der Waals surface area contributed by atoms with Crippen molar-refractivity contribution in [2.75, 3.05) is 23.8 Å². The Balaban J connectivity index is 1.42. The lowest BCUT2D eigenvalue weighted by Crippen LogP contribution is -2.47. The number of carbonyl (C=O) groups is 1. The molecule has 0 aliphatic carbocycles. The Kier molecular flexibility index (Phi) is 4.57. The summed E-state index contributed by atoms with van der Waals surface area (Å²) in [6, 6.07) is 10.5. The lowest BCUT2D eigenvalue weighted by molar-refractivity contribution is -0.118. The van der Waals surface area contributed by atoms with Gasteiger partial charge in [-0.1, -0.05) is 0 Å². The molecule has 0 aromatic heterocycles. The number of carbonyl (C=O) groups excluding carboxylic acids is 1. The van der Waals surface area contributed by atoms with Gasteiger partial charge in [-0.25, -0.2) is 15.2 Å². The van der Waals surface area contributed by atoms with E-state index in [2.05, 4.69) is 27.0 Å². The molecule has 0 spiro atoms. The third-order valence-corrected chi connectivity index (χ3v) is 4.05. The lowest BCUT2D eigenvalue weighted by Gasteiger charge is -2.21. The fourth-order valence-electron chi connectivity index (χ4n) is 2.77. The Hall–Kier alpha value is -2.88. The second-order valence-corrected chi connectivity index (χ2v) is 5.87. The zero-order chi connectivity index (χ0) is 17.9. The molecule has 1 fully saturated rings. The van der Waals surface area contributed by atoms with E-state index in [4.69, 9.17) is 9.47 Å². The van der Waals surface area contributed by atoms with Crippen LogP contribution in [-0.2, 0) is 4.79 Å². The maximum absolute atomic E-state index is 13.0. The van der Waals surface area contributed by atoms with Crippen LogP contribution in [0.4, 0.5) is 15.8 Å². The van der Waals surface area contributed by atoms with Gasteiger partial charge in [0.15, 0.2) is 11.5 Å². The largest absolute Gasteiger partial charge is 0.486 e. The molecule has 0 radical (unpaired) electrons. The van der Waals surface area contributed by atoms with E-state index >= 15 is 0 Å². The minimum Gasteiger partial charge on any atom is -0.486 e. The molecule has 2 aromatic rings. The molecule has 2 unspecified atom stereocenters. The Morgan fingerprint density at radius 2 is 1.73 bits per heavy atom. The first kappa shape index (κ1) is 16.6. The van der Waals surface area contributed by atoms with Crippen molar-refractivity contribution in [3.8, 4) is 11.5 Å². The highest BCUT2D eigenvalue weighted by Gasteiger charge is 2.33. The van der Waals surface area contributed by atoms with Gasteiger partial charge in [-0.15, -0.1) is 0 Å². The summed E-state index contributed by atoms with van der Waals surface area (Å²) in [6.45, 7) is 0.991. The van der Waals surface area contributed by atoms with Crippen LogP contribution in [0.15, 0.2) is 42.5 Å². The van der Waals surface area contributed by atoms with E-state index in [0.29, 0.717) is 36.1 Å². The molecule has 136 valence electrons. The lowest BCUT2D eigenvalue weighted by atomic mass is 10.2. The molecule has 4 rings (SSSR count). The molecule has 0 bridgehead atoms. The maximum Gasteiger partial charge on any atom is 0.246 e. The molecule has 1 saturated heterocycles. The van der Waals surface area contributed by atoms with E-state index in [0.717, 1.165) is 0 Å². The minimum atomic E-state index is -0.603. The quantitative estimate of drug-likeness (QED) is 0.555. The number of benzene rings is 2. The first-order chi connectivity index (χ1) is 12.7. The summed E-state index contributed by atoms with van der Waals surface area (Å²) in [5.74, 6) is 0.691. The number of halogens is 1. The summed E-state index contributed by atoms with van der Waals surface area (Å²) in [4.78, 5) is 12.6. The molecular formula is C17H18FN5O3. The second-order valence-electron chi connectivity index (χ2n) is 5.87. The van der Waals surface area contributed by atoms with Crippen molar-refractivity contribution < 1.29 is 18.7 Å². The summed E-state index contributed by atoms with van der Waals surface area (Å²) >= 11 is 0. The van der Waals surface area contributed by atoms with Gasteiger partial charge < -0.3 is 20.1 Å². The highest BCUT2D eigenvalue weighted by molar-refractivity contribution is 5.96. The molecular weight excluding hydrogens is 341 g/mol. The van der Waals surface area contributed by atoms with E-state index in [1.165, 1.54) is 12.1 Å². The van der Waals surface area contributed by atoms with Crippen LogP contribution in [0.2, 0.25) is 0 Å². The van der Waals surface area contributed by atoms with Crippen LogP contribution < -0.4 is 36.5 Å². The molecule has 9 heteroatoms. The van der Waals surface area contributed by atoms with E-state index < -0.39 is 12.2 Å². The summed E-state index contributed by atoms with van der Waals surface area (Å²) in [6.07, 6.45) is -0.433. The Morgan fingerprint density at radius 3 is 2.54 bits per heavy atom. The molecule has 2 aromatic carbocycles. The van der Waals surface area contributed by atoms with Gasteiger partial charge in [0.2, 0.25) is 5.91 Å². The monoisotopic (exact) mass is 359 g/mol. The Labute approximate surface area is 149 Å². The van der Waals surface area contributed by atoms with Gasteiger partial charge in [-0.05, 0) is 36.4 Å². The van der Waals surface area contributed by atoms with Crippen LogP contribution in [0.5, 0.6) is 11.5 Å². The zero-order valence-corrected chi connectivity index (χ0v) is 13.7. The van der Waals surface area contributed by atoms with E-state index in [-0.39, 0.29) is 11.7 Å². The fourth-order valence-corrected chi connectivity index (χ4v) is 2.77. The molecule has 2 atom stereocenters. The van der Waals surface area contributed by atoms with Gasteiger partial charge in [0.05, 0.1) is 0 Å². The number of hydrazine groups is 2. The van der Waals surface area contributed by atoms with Gasteiger partial charge in [0, 0.05) is 17.4 Å². The van der Waals surface area contributed by atoms with Crippen molar-refractivity contribution in [2.45, 2.75) is 12.2 Å². The van der Waals surface area contributed by atoms with E-state index in [1.807, 2.05) is 0 Å².